The van der Waals surface area contributed by atoms with Crippen molar-refractivity contribution >= 4 is 11.4 Å². The van der Waals surface area contributed by atoms with Crippen molar-refractivity contribution in [3.8, 4) is 0 Å². The van der Waals surface area contributed by atoms with Crippen LogP contribution in [-0.2, 0) is 0 Å². The number of fused-ring (bicyclic) bond motifs is 2. The van der Waals surface area contributed by atoms with Crippen molar-refractivity contribution in [1.82, 2.24) is 9.80 Å². The van der Waals surface area contributed by atoms with Crippen LogP contribution in [0.1, 0.15) is 6.42 Å². The normalized spacial score (nSPS) is 33.8. The van der Waals surface area contributed by atoms with Gasteiger partial charge in [0.1, 0.15) is 0 Å². The quantitative estimate of drug-likeness (QED) is 0.818. The molecular weight excluding hydrogens is 248 g/mol. The maximum absolute atomic E-state index is 5.76. The van der Waals surface area contributed by atoms with E-state index < -0.39 is 0 Å². The number of piperazine rings is 1. The zero-order valence-corrected chi connectivity index (χ0v) is 12.0. The maximum Gasteiger partial charge on any atom is 0.0368 e. The first kappa shape index (κ1) is 12.5. The van der Waals surface area contributed by atoms with E-state index in [4.69, 9.17) is 5.73 Å². The predicted molar refractivity (Wildman–Crippen MR) is 83.0 cm³/mol. The number of hydrogen-bond acceptors (Lipinski definition) is 4. The molecular formula is C16H24N4. The summed E-state index contributed by atoms with van der Waals surface area (Å²) in [5.74, 6) is 0.943. The van der Waals surface area contributed by atoms with Gasteiger partial charge in [0.25, 0.3) is 0 Å². The minimum absolute atomic E-state index is 0.831. The summed E-state index contributed by atoms with van der Waals surface area (Å²) < 4.78 is 0. The Labute approximate surface area is 121 Å². The van der Waals surface area contributed by atoms with Crippen molar-refractivity contribution < 1.29 is 0 Å². The second kappa shape index (κ2) is 4.93. The molecule has 20 heavy (non-hydrogen) atoms. The zero-order valence-electron chi connectivity index (χ0n) is 12.0. The van der Waals surface area contributed by atoms with Gasteiger partial charge in [-0.05, 0) is 43.1 Å². The number of hydrogen-bond donors (Lipinski definition) is 1. The van der Waals surface area contributed by atoms with Crippen LogP contribution in [-0.4, -0.2) is 61.7 Å². The lowest BCUT2D eigenvalue weighted by Gasteiger charge is -2.41. The fraction of sp³-hybridized carbons (Fsp3) is 0.625. The van der Waals surface area contributed by atoms with Crippen LogP contribution in [0.5, 0.6) is 0 Å². The van der Waals surface area contributed by atoms with Crippen molar-refractivity contribution in [3.05, 3.63) is 24.3 Å². The third-order valence-electron chi connectivity index (χ3n) is 5.34. The number of nitrogen functional groups attached to an aromatic ring is 1. The van der Waals surface area contributed by atoms with Gasteiger partial charge in [0.2, 0.25) is 0 Å². The Morgan fingerprint density at radius 3 is 2.25 bits per heavy atom. The van der Waals surface area contributed by atoms with E-state index >= 15 is 0 Å². The van der Waals surface area contributed by atoms with Crippen LogP contribution in [0.3, 0.4) is 0 Å². The monoisotopic (exact) mass is 272 g/mol. The van der Waals surface area contributed by atoms with Crippen molar-refractivity contribution in [2.75, 3.05) is 56.4 Å². The highest BCUT2D eigenvalue weighted by atomic mass is 15.3. The van der Waals surface area contributed by atoms with Gasteiger partial charge in [0, 0.05) is 56.7 Å². The lowest BCUT2D eigenvalue weighted by atomic mass is 9.98. The molecule has 1 aromatic carbocycles. The zero-order chi connectivity index (χ0) is 13.5. The molecule has 4 heteroatoms. The van der Waals surface area contributed by atoms with E-state index in [1.54, 1.807) is 0 Å². The Balaban J connectivity index is 1.37. The molecule has 3 heterocycles. The Morgan fingerprint density at radius 1 is 0.900 bits per heavy atom. The highest BCUT2D eigenvalue weighted by Gasteiger charge is 2.41. The smallest absolute Gasteiger partial charge is 0.0368 e. The standard InChI is InChI=1S/C16H24N4/c17-14-1-3-15(4-2-14)19-7-9-20(10-8-19)16-12-18-6-5-13(16)11-18/h1-4,13,16H,5-12,17H2. The molecule has 0 aliphatic carbocycles. The first-order valence-electron chi connectivity index (χ1n) is 7.86. The molecule has 3 aliphatic heterocycles. The molecule has 3 aliphatic rings. The topological polar surface area (TPSA) is 35.7 Å². The fourth-order valence-corrected chi connectivity index (χ4v) is 4.17. The van der Waals surface area contributed by atoms with E-state index in [0.717, 1.165) is 30.7 Å². The maximum atomic E-state index is 5.76. The summed E-state index contributed by atoms with van der Waals surface area (Å²) in [6, 6.07) is 9.13. The average Bonchev–Trinajstić information content (AvgIpc) is 3.11. The van der Waals surface area contributed by atoms with Gasteiger partial charge in [-0.2, -0.15) is 0 Å². The summed E-state index contributed by atoms with van der Waals surface area (Å²) in [4.78, 5) is 7.86. The van der Waals surface area contributed by atoms with Crippen LogP contribution in [0.25, 0.3) is 0 Å². The van der Waals surface area contributed by atoms with Crippen LogP contribution in [0.2, 0.25) is 0 Å². The average molecular weight is 272 g/mol. The van der Waals surface area contributed by atoms with Gasteiger partial charge in [-0.25, -0.2) is 0 Å². The molecule has 3 atom stereocenters. The van der Waals surface area contributed by atoms with Gasteiger partial charge < -0.3 is 15.5 Å². The van der Waals surface area contributed by atoms with Crippen LogP contribution in [0.15, 0.2) is 24.3 Å². The van der Waals surface area contributed by atoms with Crippen LogP contribution >= 0.6 is 0 Å². The summed E-state index contributed by atoms with van der Waals surface area (Å²) in [7, 11) is 0. The van der Waals surface area contributed by atoms with Crippen molar-refractivity contribution in [2.45, 2.75) is 12.5 Å². The number of nitrogens with two attached hydrogens (primary N) is 1. The number of piperidine rings is 1. The highest BCUT2D eigenvalue weighted by molar-refractivity contribution is 5.53. The van der Waals surface area contributed by atoms with Crippen molar-refractivity contribution in [2.24, 2.45) is 5.92 Å². The molecule has 108 valence electrons. The highest BCUT2D eigenvalue weighted by Crippen LogP contribution is 2.32. The Morgan fingerprint density at radius 2 is 1.65 bits per heavy atom. The number of anilines is 2. The second-order valence-corrected chi connectivity index (χ2v) is 6.49. The SMILES string of the molecule is Nc1ccc(N2CCN(C3CN4CCC3C4)CC2)cc1. The molecule has 3 saturated heterocycles. The molecule has 0 spiro atoms. The molecule has 0 radical (unpaired) electrons. The second-order valence-electron chi connectivity index (χ2n) is 6.49. The summed E-state index contributed by atoms with van der Waals surface area (Å²) in [6.45, 7) is 8.71. The largest absolute Gasteiger partial charge is 0.399 e. The molecule has 1 aromatic rings. The molecule has 4 rings (SSSR count). The van der Waals surface area contributed by atoms with Gasteiger partial charge in [-0.1, -0.05) is 0 Å². The van der Waals surface area contributed by atoms with E-state index in [0.29, 0.717) is 0 Å². The molecule has 4 nitrogen and oxygen atoms in total. The first-order chi connectivity index (χ1) is 9.79. The minimum atomic E-state index is 0.831. The van der Waals surface area contributed by atoms with Gasteiger partial charge >= 0.3 is 0 Å². The Hall–Kier alpha value is -1.26. The molecule has 0 aromatic heterocycles. The van der Waals surface area contributed by atoms with Crippen molar-refractivity contribution in [1.29, 1.82) is 0 Å². The van der Waals surface area contributed by atoms with Crippen LogP contribution in [0, 0.1) is 5.92 Å². The lowest BCUT2D eigenvalue weighted by Crippen LogP contribution is -2.53. The molecule has 3 unspecified atom stereocenters. The summed E-state index contributed by atoms with van der Waals surface area (Å²) in [6.07, 6.45) is 1.42. The summed E-state index contributed by atoms with van der Waals surface area (Å²) in [5.41, 5.74) is 7.93. The van der Waals surface area contributed by atoms with Gasteiger partial charge in [-0.15, -0.1) is 0 Å². The lowest BCUT2D eigenvalue weighted by molar-refractivity contribution is 0.137. The molecule has 2 N–H and O–H groups in total. The van der Waals surface area contributed by atoms with Gasteiger partial charge in [-0.3, -0.25) is 4.90 Å². The Bertz CT molecular complexity index is 464. The third-order valence-corrected chi connectivity index (χ3v) is 5.34. The molecule has 0 saturated carbocycles. The van der Waals surface area contributed by atoms with E-state index in [9.17, 15) is 0 Å². The third kappa shape index (κ3) is 2.17. The molecule has 2 bridgehead atoms. The number of rotatable bonds is 2. The van der Waals surface area contributed by atoms with E-state index in [-0.39, 0.29) is 0 Å². The summed E-state index contributed by atoms with van der Waals surface area (Å²) >= 11 is 0. The van der Waals surface area contributed by atoms with E-state index in [1.807, 2.05) is 12.1 Å². The number of nitrogens with zero attached hydrogens (tertiary/aromatic N) is 3. The van der Waals surface area contributed by atoms with Gasteiger partial charge in [0.05, 0.1) is 0 Å². The summed E-state index contributed by atoms with van der Waals surface area (Å²) in [5, 5.41) is 0. The first-order valence-corrected chi connectivity index (χ1v) is 7.86. The van der Waals surface area contributed by atoms with Crippen LogP contribution < -0.4 is 10.6 Å². The molecule has 3 fully saturated rings. The fourth-order valence-electron chi connectivity index (χ4n) is 4.17. The van der Waals surface area contributed by atoms with Crippen molar-refractivity contribution in [3.63, 3.8) is 0 Å². The molecule has 0 amide bonds. The predicted octanol–water partition coefficient (Wildman–Crippen LogP) is 1.09. The minimum Gasteiger partial charge on any atom is -0.399 e. The number of benzene rings is 1. The van der Waals surface area contributed by atoms with Crippen LogP contribution in [0.4, 0.5) is 11.4 Å². The van der Waals surface area contributed by atoms with E-state index in [1.165, 1.54) is 44.8 Å². The van der Waals surface area contributed by atoms with E-state index in [2.05, 4.69) is 26.8 Å². The Kier molecular flexibility index (Phi) is 3.08. The van der Waals surface area contributed by atoms with Gasteiger partial charge in [0.15, 0.2) is 0 Å².